The van der Waals surface area contributed by atoms with Crippen LogP contribution in [-0.2, 0) is 14.8 Å². The highest BCUT2D eigenvalue weighted by atomic mass is 35.5. The number of amides is 1. The normalized spacial score (nSPS) is 18.2. The van der Waals surface area contributed by atoms with E-state index in [9.17, 15) is 13.2 Å². The third kappa shape index (κ3) is 5.17. The number of carbonyl (C=O) groups is 1. The van der Waals surface area contributed by atoms with Gasteiger partial charge in [0.25, 0.3) is 0 Å². The Balaban J connectivity index is 1.57. The molecule has 0 bridgehead atoms. The summed E-state index contributed by atoms with van der Waals surface area (Å²) in [6.07, 6.45) is 0. The van der Waals surface area contributed by atoms with Gasteiger partial charge < -0.3 is 5.32 Å². The van der Waals surface area contributed by atoms with Crippen molar-refractivity contribution >= 4 is 27.5 Å². The molecule has 0 aromatic heterocycles. The van der Waals surface area contributed by atoms with Crippen LogP contribution in [0.1, 0.15) is 25.5 Å². The maximum Gasteiger partial charge on any atom is 0.243 e. The molecule has 3 rings (SSSR count). The Labute approximate surface area is 177 Å². The van der Waals surface area contributed by atoms with E-state index in [-0.39, 0.29) is 22.9 Å². The summed E-state index contributed by atoms with van der Waals surface area (Å²) in [4.78, 5) is 14.9. The minimum Gasteiger partial charge on any atom is -0.348 e. The topological polar surface area (TPSA) is 69.7 Å². The summed E-state index contributed by atoms with van der Waals surface area (Å²) in [5.74, 6) is -0.0599. The molecule has 8 heteroatoms. The maximum atomic E-state index is 12.8. The number of nitrogens with one attached hydrogen (secondary N) is 1. The number of hydrogen-bond acceptors (Lipinski definition) is 4. The lowest BCUT2D eigenvalue weighted by atomic mass is 10.1. The molecule has 1 saturated heterocycles. The van der Waals surface area contributed by atoms with Crippen LogP contribution in [0.15, 0.2) is 59.5 Å². The third-order valence-electron chi connectivity index (χ3n) is 5.31. The van der Waals surface area contributed by atoms with Gasteiger partial charge in [-0.3, -0.25) is 9.69 Å². The van der Waals surface area contributed by atoms with Crippen LogP contribution in [0.5, 0.6) is 0 Å². The molecule has 6 nitrogen and oxygen atoms in total. The van der Waals surface area contributed by atoms with Gasteiger partial charge in [-0.25, -0.2) is 8.42 Å². The van der Waals surface area contributed by atoms with E-state index in [0.717, 1.165) is 5.56 Å². The Hall–Kier alpha value is -1.93. The molecule has 1 fully saturated rings. The van der Waals surface area contributed by atoms with Crippen molar-refractivity contribution in [2.45, 2.75) is 30.8 Å². The number of rotatable bonds is 6. The van der Waals surface area contributed by atoms with E-state index in [0.29, 0.717) is 31.2 Å². The Morgan fingerprint density at radius 2 is 1.55 bits per heavy atom. The summed E-state index contributed by atoms with van der Waals surface area (Å²) in [5, 5.41) is 3.54. The molecule has 0 spiro atoms. The van der Waals surface area contributed by atoms with Gasteiger partial charge in [-0.15, -0.1) is 0 Å². The van der Waals surface area contributed by atoms with Crippen molar-refractivity contribution in [3.05, 3.63) is 65.2 Å². The van der Waals surface area contributed by atoms with Crippen molar-refractivity contribution < 1.29 is 13.2 Å². The molecular formula is C21H26ClN3O3S. The van der Waals surface area contributed by atoms with E-state index < -0.39 is 10.0 Å². The fraction of sp³-hybridized carbons (Fsp3) is 0.381. The van der Waals surface area contributed by atoms with Crippen LogP contribution in [0.3, 0.4) is 0 Å². The molecule has 1 heterocycles. The lowest BCUT2D eigenvalue weighted by molar-refractivity contribution is -0.127. The minimum atomic E-state index is -3.56. The number of carbonyl (C=O) groups excluding carboxylic acids is 1. The van der Waals surface area contributed by atoms with E-state index in [1.807, 2.05) is 49.1 Å². The molecule has 1 amide bonds. The molecule has 29 heavy (non-hydrogen) atoms. The molecule has 1 aliphatic heterocycles. The molecule has 0 saturated carbocycles. The second-order valence-corrected chi connectivity index (χ2v) is 9.59. The fourth-order valence-corrected chi connectivity index (χ4v) is 4.96. The summed E-state index contributed by atoms with van der Waals surface area (Å²) in [7, 11) is -3.56. The third-order valence-corrected chi connectivity index (χ3v) is 7.47. The molecule has 0 radical (unpaired) electrons. The van der Waals surface area contributed by atoms with Crippen LogP contribution in [-0.4, -0.2) is 55.8 Å². The number of benzene rings is 2. The lowest BCUT2D eigenvalue weighted by Crippen LogP contribution is -2.55. The van der Waals surface area contributed by atoms with Gasteiger partial charge in [0.2, 0.25) is 15.9 Å². The number of hydrogen-bond donors (Lipinski definition) is 1. The van der Waals surface area contributed by atoms with Gasteiger partial charge in [-0.05, 0) is 43.7 Å². The van der Waals surface area contributed by atoms with E-state index in [4.69, 9.17) is 11.6 Å². The first kappa shape index (κ1) is 21.8. The van der Waals surface area contributed by atoms with E-state index in [1.165, 1.54) is 16.4 Å². The second-order valence-electron chi connectivity index (χ2n) is 7.21. The average Bonchev–Trinajstić information content (AvgIpc) is 2.74. The van der Waals surface area contributed by atoms with E-state index in [2.05, 4.69) is 5.32 Å². The second kappa shape index (κ2) is 9.26. The monoisotopic (exact) mass is 435 g/mol. The van der Waals surface area contributed by atoms with Gasteiger partial charge in [0.05, 0.1) is 17.0 Å². The van der Waals surface area contributed by atoms with Gasteiger partial charge in [0, 0.05) is 31.2 Å². The fourth-order valence-electron chi connectivity index (χ4n) is 3.41. The van der Waals surface area contributed by atoms with Crippen LogP contribution in [0.2, 0.25) is 5.02 Å². The molecule has 2 unspecified atom stereocenters. The molecule has 2 aromatic carbocycles. The molecule has 1 N–H and O–H groups in total. The predicted octanol–water partition coefficient (Wildman–Crippen LogP) is 2.91. The summed E-state index contributed by atoms with van der Waals surface area (Å²) >= 11 is 5.85. The van der Waals surface area contributed by atoms with Crippen LogP contribution in [0, 0.1) is 0 Å². The Kier molecular flexibility index (Phi) is 6.95. The van der Waals surface area contributed by atoms with Gasteiger partial charge in [0.15, 0.2) is 0 Å². The molecule has 0 aliphatic carbocycles. The van der Waals surface area contributed by atoms with E-state index >= 15 is 0 Å². The van der Waals surface area contributed by atoms with Gasteiger partial charge in [-0.2, -0.15) is 4.31 Å². The van der Waals surface area contributed by atoms with Gasteiger partial charge in [-0.1, -0.05) is 41.9 Å². The first-order valence-corrected chi connectivity index (χ1v) is 11.5. The Morgan fingerprint density at radius 1 is 0.966 bits per heavy atom. The van der Waals surface area contributed by atoms with Gasteiger partial charge >= 0.3 is 0 Å². The van der Waals surface area contributed by atoms with E-state index in [1.54, 1.807) is 12.1 Å². The summed E-state index contributed by atoms with van der Waals surface area (Å²) in [6.45, 7) is 5.50. The summed E-state index contributed by atoms with van der Waals surface area (Å²) < 4.78 is 27.1. The first-order chi connectivity index (χ1) is 13.8. The smallest absolute Gasteiger partial charge is 0.243 e. The highest BCUT2D eigenvalue weighted by Crippen LogP contribution is 2.20. The van der Waals surface area contributed by atoms with Crippen LogP contribution >= 0.6 is 11.6 Å². The number of halogens is 1. The number of sulfonamides is 1. The maximum absolute atomic E-state index is 12.8. The molecule has 1 aliphatic rings. The Morgan fingerprint density at radius 3 is 2.14 bits per heavy atom. The SMILES string of the molecule is CC(NC(=O)C(C)N1CCN(S(=O)(=O)c2ccc(Cl)cc2)CC1)c1ccccc1. The zero-order valence-corrected chi connectivity index (χ0v) is 18.2. The minimum absolute atomic E-state index is 0.0599. The number of piperazine rings is 1. The summed E-state index contributed by atoms with van der Waals surface area (Å²) in [6, 6.07) is 15.6. The quantitative estimate of drug-likeness (QED) is 0.757. The number of nitrogens with zero attached hydrogens (tertiary/aromatic N) is 2. The van der Waals surface area contributed by atoms with Crippen LogP contribution in [0.4, 0.5) is 0 Å². The average molecular weight is 436 g/mol. The molecular weight excluding hydrogens is 410 g/mol. The standard InChI is InChI=1S/C21H26ClN3O3S/c1-16(18-6-4-3-5-7-18)23-21(26)17(2)24-12-14-25(15-13-24)29(27,28)20-10-8-19(22)9-11-20/h3-11,16-17H,12-15H2,1-2H3,(H,23,26). The van der Waals surface area contributed by atoms with Crippen molar-refractivity contribution in [2.24, 2.45) is 0 Å². The zero-order chi connectivity index (χ0) is 21.0. The highest BCUT2D eigenvalue weighted by Gasteiger charge is 2.32. The molecule has 2 atom stereocenters. The van der Waals surface area contributed by atoms with Gasteiger partial charge in [0.1, 0.15) is 0 Å². The zero-order valence-electron chi connectivity index (χ0n) is 16.6. The van der Waals surface area contributed by atoms with Crippen molar-refractivity contribution in [1.29, 1.82) is 0 Å². The van der Waals surface area contributed by atoms with Crippen molar-refractivity contribution in [1.82, 2.24) is 14.5 Å². The largest absolute Gasteiger partial charge is 0.348 e. The molecule has 156 valence electrons. The first-order valence-electron chi connectivity index (χ1n) is 9.64. The highest BCUT2D eigenvalue weighted by molar-refractivity contribution is 7.89. The van der Waals surface area contributed by atoms with Crippen molar-refractivity contribution in [2.75, 3.05) is 26.2 Å². The van der Waals surface area contributed by atoms with Crippen LogP contribution in [0.25, 0.3) is 0 Å². The van der Waals surface area contributed by atoms with Crippen molar-refractivity contribution in [3.63, 3.8) is 0 Å². The van der Waals surface area contributed by atoms with Crippen LogP contribution < -0.4 is 5.32 Å². The Bertz CT molecular complexity index is 927. The lowest BCUT2D eigenvalue weighted by Gasteiger charge is -2.37. The van der Waals surface area contributed by atoms with Crippen molar-refractivity contribution in [3.8, 4) is 0 Å². The predicted molar refractivity (Wildman–Crippen MR) is 114 cm³/mol. The molecule has 2 aromatic rings. The summed E-state index contributed by atoms with van der Waals surface area (Å²) in [5.41, 5.74) is 1.05.